The Bertz CT molecular complexity index is 883. The number of methoxy groups -OCH3 is 1. The van der Waals surface area contributed by atoms with Crippen LogP contribution in [-0.4, -0.2) is 111 Å². The van der Waals surface area contributed by atoms with Crippen molar-refractivity contribution in [2.45, 2.75) is 120 Å². The fourth-order valence-corrected chi connectivity index (χ4v) is 5.54. The molecule has 0 bridgehead atoms. The number of carbonyl (C=O) groups is 2. The Hall–Kier alpha value is -1.38. The summed E-state index contributed by atoms with van der Waals surface area (Å²) in [4.78, 5) is 25.6. The Kier molecular flexibility index (Phi) is 7.82. The average Bonchev–Trinajstić information content (AvgIpc) is 2.78. The first-order valence-corrected chi connectivity index (χ1v) is 11.9. The first-order chi connectivity index (χ1) is 16.1. The molecule has 2 heterocycles. The van der Waals surface area contributed by atoms with Crippen LogP contribution < -0.4 is 10.6 Å². The Morgan fingerprint density at radius 1 is 1.03 bits per heavy atom. The largest absolute Gasteiger partial charge is 0.393 e. The molecule has 6 N–H and O–H groups in total. The molecular formula is C24H44N2O10. The average molecular weight is 521 g/mol. The molecule has 2 aliphatic rings. The Morgan fingerprint density at radius 2 is 1.56 bits per heavy atom. The molecule has 210 valence electrons. The first-order valence-electron chi connectivity index (χ1n) is 11.9. The fraction of sp³-hybridized carbons (Fsp3) is 0.917. The van der Waals surface area contributed by atoms with Gasteiger partial charge in [-0.3, -0.25) is 9.59 Å². The molecule has 12 heteroatoms. The minimum Gasteiger partial charge on any atom is -0.393 e. The van der Waals surface area contributed by atoms with Crippen LogP contribution in [0.15, 0.2) is 0 Å². The minimum absolute atomic E-state index is 0.510. The molecule has 0 spiro atoms. The highest BCUT2D eigenvalue weighted by molar-refractivity contribution is 5.86. The second-order valence-electron chi connectivity index (χ2n) is 11.3. The van der Waals surface area contributed by atoms with Gasteiger partial charge in [-0.1, -0.05) is 0 Å². The van der Waals surface area contributed by atoms with Crippen molar-refractivity contribution < 1.29 is 49.0 Å². The van der Waals surface area contributed by atoms with Crippen molar-refractivity contribution in [3.8, 4) is 0 Å². The zero-order valence-electron chi connectivity index (χ0n) is 23.2. The van der Waals surface area contributed by atoms with Crippen molar-refractivity contribution in [2.24, 2.45) is 0 Å². The Balaban J connectivity index is 2.85. The fourth-order valence-electron chi connectivity index (χ4n) is 5.54. The van der Waals surface area contributed by atoms with E-state index in [0.717, 1.165) is 0 Å². The van der Waals surface area contributed by atoms with Crippen LogP contribution in [0.25, 0.3) is 0 Å². The number of rotatable bonds is 6. The van der Waals surface area contributed by atoms with Gasteiger partial charge in [0.2, 0.25) is 5.91 Å². The predicted octanol–water partition coefficient (Wildman–Crippen LogP) is -1.04. The predicted molar refractivity (Wildman–Crippen MR) is 128 cm³/mol. The van der Waals surface area contributed by atoms with Gasteiger partial charge >= 0.3 is 0 Å². The van der Waals surface area contributed by atoms with Crippen LogP contribution in [0.5, 0.6) is 0 Å². The van der Waals surface area contributed by atoms with E-state index in [1.807, 2.05) is 0 Å². The van der Waals surface area contributed by atoms with Gasteiger partial charge in [-0.05, 0) is 55.4 Å². The quantitative estimate of drug-likeness (QED) is 0.253. The highest BCUT2D eigenvalue weighted by Gasteiger charge is 2.76. The van der Waals surface area contributed by atoms with Gasteiger partial charge in [-0.2, -0.15) is 0 Å². The van der Waals surface area contributed by atoms with E-state index >= 15 is 0 Å². The SMILES string of the molecule is CNC(=O)C1(C)OC(C)C(C)(O)C(C)(O)C1(C)OC1OC(C)(CO)C(O)C(C)(OC)C1(C)NC(C)=O. The number of amides is 2. The second kappa shape index (κ2) is 9.12. The second-order valence-corrected chi connectivity index (χ2v) is 11.3. The summed E-state index contributed by atoms with van der Waals surface area (Å²) in [5.41, 5.74) is -12.9. The molecule has 2 amide bonds. The first kappa shape index (κ1) is 30.8. The zero-order chi connectivity index (χ0) is 28.3. The molecule has 2 saturated heterocycles. The van der Waals surface area contributed by atoms with Gasteiger partial charge in [-0.15, -0.1) is 0 Å². The summed E-state index contributed by atoms with van der Waals surface area (Å²) in [5.74, 6) is -1.16. The Morgan fingerprint density at radius 3 is 1.97 bits per heavy atom. The smallest absolute Gasteiger partial charge is 0.254 e. The molecule has 2 rings (SSSR count). The number of likely N-dealkylation sites (N-methyl/N-ethyl adjacent to an activating group) is 1. The van der Waals surface area contributed by atoms with Crippen molar-refractivity contribution in [3.63, 3.8) is 0 Å². The number of aliphatic hydroxyl groups excluding tert-OH is 2. The maximum atomic E-state index is 13.2. The van der Waals surface area contributed by atoms with Gasteiger partial charge in [0.25, 0.3) is 5.91 Å². The molecule has 0 aliphatic carbocycles. The Labute approximate surface area is 212 Å². The molecule has 0 aromatic carbocycles. The van der Waals surface area contributed by atoms with Crippen LogP contribution in [0.3, 0.4) is 0 Å². The lowest BCUT2D eigenvalue weighted by molar-refractivity contribution is -0.428. The highest BCUT2D eigenvalue weighted by atomic mass is 16.7. The van der Waals surface area contributed by atoms with Gasteiger partial charge in [0, 0.05) is 21.1 Å². The van der Waals surface area contributed by atoms with E-state index in [-0.39, 0.29) is 0 Å². The molecule has 10 unspecified atom stereocenters. The van der Waals surface area contributed by atoms with Crippen molar-refractivity contribution in [3.05, 3.63) is 0 Å². The molecule has 2 fully saturated rings. The maximum absolute atomic E-state index is 13.2. The molecule has 36 heavy (non-hydrogen) atoms. The number of hydrogen-bond donors (Lipinski definition) is 6. The summed E-state index contributed by atoms with van der Waals surface area (Å²) >= 11 is 0. The third-order valence-electron chi connectivity index (χ3n) is 9.18. The summed E-state index contributed by atoms with van der Waals surface area (Å²) in [7, 11) is 2.72. The van der Waals surface area contributed by atoms with Gasteiger partial charge < -0.3 is 50.0 Å². The van der Waals surface area contributed by atoms with Crippen LogP contribution in [0.2, 0.25) is 0 Å². The molecule has 10 atom stereocenters. The van der Waals surface area contributed by atoms with Crippen LogP contribution in [0, 0.1) is 0 Å². The number of carbonyl (C=O) groups excluding carboxylic acids is 2. The highest BCUT2D eigenvalue weighted by Crippen LogP contribution is 2.54. The van der Waals surface area contributed by atoms with Gasteiger partial charge in [0.05, 0.1) is 12.7 Å². The topological polar surface area (TPSA) is 176 Å². The number of ether oxygens (including phenoxy) is 4. The standard InChI is InChI=1S/C24H44N2O10/c1-13-20(5,31)23(8,32)24(9,22(7,34-13)16(30)25-10)36-17-19(4,26-14(2)28)21(6,33-11)15(29)18(3,12-27)35-17/h13,15,17,27,29,31-32H,12H2,1-11H3,(H,25,30)(H,26,28). The van der Waals surface area contributed by atoms with E-state index in [1.54, 1.807) is 0 Å². The van der Waals surface area contributed by atoms with E-state index < -0.39 is 76.1 Å². The summed E-state index contributed by atoms with van der Waals surface area (Å²) in [6.07, 6.45) is -4.00. The third kappa shape index (κ3) is 3.80. The molecule has 0 saturated carbocycles. The van der Waals surface area contributed by atoms with Gasteiger partial charge in [-0.25, -0.2) is 0 Å². The van der Waals surface area contributed by atoms with E-state index in [9.17, 15) is 30.0 Å². The molecular weight excluding hydrogens is 476 g/mol. The summed E-state index contributed by atoms with van der Waals surface area (Å²) in [6.45, 7) is 12.1. The van der Waals surface area contributed by atoms with E-state index in [2.05, 4.69) is 10.6 Å². The summed E-state index contributed by atoms with van der Waals surface area (Å²) in [5, 5.41) is 49.9. The van der Waals surface area contributed by atoms with Crippen molar-refractivity contribution >= 4 is 11.8 Å². The summed E-state index contributed by atoms with van der Waals surface area (Å²) in [6, 6.07) is 0. The molecule has 12 nitrogen and oxygen atoms in total. The molecule has 0 aromatic heterocycles. The van der Waals surface area contributed by atoms with Crippen molar-refractivity contribution in [2.75, 3.05) is 20.8 Å². The van der Waals surface area contributed by atoms with Crippen molar-refractivity contribution in [1.29, 1.82) is 0 Å². The normalized spacial score (nSPS) is 51.5. The van der Waals surface area contributed by atoms with Crippen LogP contribution in [0.1, 0.15) is 62.3 Å². The van der Waals surface area contributed by atoms with Crippen LogP contribution in [-0.2, 0) is 28.5 Å². The molecule has 0 aromatic rings. The number of hydrogen-bond acceptors (Lipinski definition) is 10. The number of aliphatic hydroxyl groups is 4. The number of nitrogens with one attached hydrogen (secondary N) is 2. The van der Waals surface area contributed by atoms with E-state index in [1.165, 1.54) is 76.5 Å². The minimum atomic E-state index is -2.14. The summed E-state index contributed by atoms with van der Waals surface area (Å²) < 4.78 is 24.4. The lowest BCUT2D eigenvalue weighted by Crippen LogP contribution is -2.86. The lowest BCUT2D eigenvalue weighted by atomic mass is 9.61. The van der Waals surface area contributed by atoms with Crippen LogP contribution >= 0.6 is 0 Å². The van der Waals surface area contributed by atoms with Gasteiger partial charge in [0.15, 0.2) is 11.9 Å². The van der Waals surface area contributed by atoms with Crippen LogP contribution in [0.4, 0.5) is 0 Å². The van der Waals surface area contributed by atoms with Crippen molar-refractivity contribution in [1.82, 2.24) is 10.6 Å². The zero-order valence-corrected chi connectivity index (χ0v) is 23.2. The monoisotopic (exact) mass is 520 g/mol. The van der Waals surface area contributed by atoms with E-state index in [0.29, 0.717) is 0 Å². The molecule has 2 aliphatic heterocycles. The van der Waals surface area contributed by atoms with E-state index in [4.69, 9.17) is 18.9 Å². The third-order valence-corrected chi connectivity index (χ3v) is 9.18. The van der Waals surface area contributed by atoms with Gasteiger partial charge in [0.1, 0.15) is 39.6 Å². The maximum Gasteiger partial charge on any atom is 0.254 e. The lowest BCUT2D eigenvalue weighted by Gasteiger charge is -2.66. The molecule has 0 radical (unpaired) electrons.